The highest BCUT2D eigenvalue weighted by Gasteiger charge is 2.18. The second-order valence-electron chi connectivity index (χ2n) is 5.70. The van der Waals surface area contributed by atoms with E-state index in [1.165, 1.54) is 6.07 Å². The summed E-state index contributed by atoms with van der Waals surface area (Å²) in [7, 11) is 0. The first-order valence-corrected chi connectivity index (χ1v) is 7.66. The van der Waals surface area contributed by atoms with Gasteiger partial charge in [-0.2, -0.15) is 0 Å². The number of benzene rings is 1. The second-order valence-corrected chi connectivity index (χ2v) is 5.70. The molecule has 22 heavy (non-hydrogen) atoms. The average Bonchev–Trinajstić information content (AvgIpc) is 2.51. The molecule has 1 aliphatic rings. The molecule has 0 saturated carbocycles. The van der Waals surface area contributed by atoms with E-state index in [9.17, 15) is 9.18 Å². The summed E-state index contributed by atoms with van der Waals surface area (Å²) in [6, 6.07) is 4.87. The van der Waals surface area contributed by atoms with Crippen LogP contribution in [0.15, 0.2) is 18.2 Å². The number of amides is 1. The predicted octanol–water partition coefficient (Wildman–Crippen LogP) is 0.360. The van der Waals surface area contributed by atoms with E-state index in [4.69, 9.17) is 5.11 Å². The van der Waals surface area contributed by atoms with Crippen molar-refractivity contribution in [1.82, 2.24) is 15.1 Å². The van der Waals surface area contributed by atoms with Gasteiger partial charge in [-0.25, -0.2) is 4.39 Å². The second kappa shape index (κ2) is 8.22. The summed E-state index contributed by atoms with van der Waals surface area (Å²) in [5.74, 6) is -0.242. The number of aliphatic hydroxyl groups is 1. The molecular formula is C16H24FN3O2. The molecule has 1 amide bonds. The molecule has 0 unspecified atom stereocenters. The molecule has 0 radical (unpaired) electrons. The number of carbonyl (C=O) groups excluding carboxylic acids is 1. The van der Waals surface area contributed by atoms with Gasteiger partial charge >= 0.3 is 0 Å². The van der Waals surface area contributed by atoms with E-state index in [2.05, 4.69) is 15.1 Å². The van der Waals surface area contributed by atoms with E-state index in [-0.39, 0.29) is 18.3 Å². The molecule has 0 aliphatic carbocycles. The first-order valence-electron chi connectivity index (χ1n) is 7.66. The standard InChI is InChI=1S/C16H24FN3O2/c1-13-10-14(2-3-15(13)17)11-18-16(22)12-20-6-4-19(5-7-20)8-9-21/h2-3,10,21H,4-9,11-12H2,1H3,(H,18,22). The predicted molar refractivity (Wildman–Crippen MR) is 82.9 cm³/mol. The first-order chi connectivity index (χ1) is 10.6. The molecule has 1 aliphatic heterocycles. The zero-order valence-electron chi connectivity index (χ0n) is 13.0. The number of aryl methyl sites for hydroxylation is 1. The fraction of sp³-hybridized carbons (Fsp3) is 0.562. The van der Waals surface area contributed by atoms with Crippen molar-refractivity contribution in [2.45, 2.75) is 13.5 Å². The summed E-state index contributed by atoms with van der Waals surface area (Å²) in [5.41, 5.74) is 1.49. The molecule has 2 N–H and O–H groups in total. The third-order valence-electron chi connectivity index (χ3n) is 3.96. The number of β-amino-alcohol motifs (C(OH)–C–C–N with tert-alkyl or cyclic N) is 1. The molecule has 2 rings (SSSR count). The normalized spacial score (nSPS) is 16.7. The van der Waals surface area contributed by atoms with Gasteiger partial charge in [0, 0.05) is 39.3 Å². The molecule has 122 valence electrons. The van der Waals surface area contributed by atoms with Crippen molar-refractivity contribution in [3.8, 4) is 0 Å². The van der Waals surface area contributed by atoms with E-state index >= 15 is 0 Å². The van der Waals surface area contributed by atoms with Crippen LogP contribution in [-0.4, -0.2) is 66.7 Å². The minimum atomic E-state index is -0.226. The van der Waals surface area contributed by atoms with Crippen molar-refractivity contribution in [2.75, 3.05) is 45.9 Å². The van der Waals surface area contributed by atoms with Gasteiger partial charge in [-0.3, -0.25) is 14.6 Å². The molecule has 1 aromatic carbocycles. The fourth-order valence-electron chi connectivity index (χ4n) is 2.59. The number of nitrogens with one attached hydrogen (secondary N) is 1. The van der Waals surface area contributed by atoms with Gasteiger partial charge in [0.2, 0.25) is 5.91 Å². The summed E-state index contributed by atoms with van der Waals surface area (Å²) in [4.78, 5) is 16.3. The summed E-state index contributed by atoms with van der Waals surface area (Å²) in [5, 5.41) is 11.8. The van der Waals surface area contributed by atoms with Crippen molar-refractivity contribution < 1.29 is 14.3 Å². The number of piperazine rings is 1. The number of hydrogen-bond donors (Lipinski definition) is 2. The van der Waals surface area contributed by atoms with Crippen molar-refractivity contribution in [2.24, 2.45) is 0 Å². The fourth-order valence-corrected chi connectivity index (χ4v) is 2.59. The van der Waals surface area contributed by atoms with Gasteiger partial charge in [0.15, 0.2) is 0 Å². The Morgan fingerprint density at radius 2 is 1.95 bits per heavy atom. The van der Waals surface area contributed by atoms with E-state index in [1.54, 1.807) is 19.1 Å². The summed E-state index contributed by atoms with van der Waals surface area (Å²) in [6.45, 7) is 6.83. The number of aliphatic hydroxyl groups excluding tert-OH is 1. The lowest BCUT2D eigenvalue weighted by Crippen LogP contribution is -2.49. The number of nitrogens with zero attached hydrogens (tertiary/aromatic N) is 2. The average molecular weight is 309 g/mol. The highest BCUT2D eigenvalue weighted by Crippen LogP contribution is 2.09. The minimum absolute atomic E-state index is 0.0161. The Balaban J connectivity index is 1.71. The van der Waals surface area contributed by atoms with Crippen molar-refractivity contribution >= 4 is 5.91 Å². The molecule has 0 spiro atoms. The van der Waals surface area contributed by atoms with E-state index in [0.717, 1.165) is 31.7 Å². The Hall–Kier alpha value is -1.50. The van der Waals surface area contributed by atoms with Crippen LogP contribution in [0.5, 0.6) is 0 Å². The van der Waals surface area contributed by atoms with E-state index in [0.29, 0.717) is 25.2 Å². The molecule has 1 saturated heterocycles. The smallest absolute Gasteiger partial charge is 0.234 e. The van der Waals surface area contributed by atoms with Gasteiger partial charge in [-0.15, -0.1) is 0 Å². The van der Waals surface area contributed by atoms with Crippen LogP contribution < -0.4 is 5.32 Å². The molecule has 6 heteroatoms. The van der Waals surface area contributed by atoms with Gasteiger partial charge in [0.25, 0.3) is 0 Å². The molecular weight excluding hydrogens is 285 g/mol. The molecule has 1 heterocycles. The maximum atomic E-state index is 13.2. The Morgan fingerprint density at radius 3 is 2.59 bits per heavy atom. The Bertz CT molecular complexity index is 502. The van der Waals surface area contributed by atoms with Crippen LogP contribution in [0.25, 0.3) is 0 Å². The largest absolute Gasteiger partial charge is 0.395 e. The highest BCUT2D eigenvalue weighted by atomic mass is 19.1. The lowest BCUT2D eigenvalue weighted by Gasteiger charge is -2.33. The molecule has 0 aromatic heterocycles. The van der Waals surface area contributed by atoms with Crippen LogP contribution in [0.4, 0.5) is 4.39 Å². The Labute approximate surface area is 130 Å². The summed E-state index contributed by atoms with van der Waals surface area (Å²) in [6.07, 6.45) is 0. The van der Waals surface area contributed by atoms with Crippen LogP contribution in [0, 0.1) is 12.7 Å². The van der Waals surface area contributed by atoms with Crippen LogP contribution in [-0.2, 0) is 11.3 Å². The first kappa shape index (κ1) is 16.9. The van der Waals surface area contributed by atoms with Gasteiger partial charge in [-0.05, 0) is 24.1 Å². The topological polar surface area (TPSA) is 55.8 Å². The van der Waals surface area contributed by atoms with Crippen molar-refractivity contribution in [3.63, 3.8) is 0 Å². The monoisotopic (exact) mass is 309 g/mol. The zero-order chi connectivity index (χ0) is 15.9. The lowest BCUT2D eigenvalue weighted by atomic mass is 10.1. The van der Waals surface area contributed by atoms with E-state index < -0.39 is 0 Å². The maximum Gasteiger partial charge on any atom is 0.234 e. The van der Waals surface area contributed by atoms with Gasteiger partial charge in [0.1, 0.15) is 5.82 Å². The summed E-state index contributed by atoms with van der Waals surface area (Å²) >= 11 is 0. The Morgan fingerprint density at radius 1 is 1.27 bits per heavy atom. The zero-order valence-corrected chi connectivity index (χ0v) is 13.0. The lowest BCUT2D eigenvalue weighted by molar-refractivity contribution is -0.122. The SMILES string of the molecule is Cc1cc(CNC(=O)CN2CCN(CCO)CC2)ccc1F. The molecule has 0 bridgehead atoms. The minimum Gasteiger partial charge on any atom is -0.395 e. The molecule has 1 fully saturated rings. The Kier molecular flexibility index (Phi) is 6.30. The number of rotatable bonds is 6. The quantitative estimate of drug-likeness (QED) is 0.797. The van der Waals surface area contributed by atoms with Gasteiger partial charge < -0.3 is 10.4 Å². The van der Waals surface area contributed by atoms with Crippen molar-refractivity contribution in [1.29, 1.82) is 0 Å². The summed E-state index contributed by atoms with van der Waals surface area (Å²) < 4.78 is 13.2. The molecule has 0 atom stereocenters. The number of halogens is 1. The van der Waals surface area contributed by atoms with E-state index in [1.807, 2.05) is 0 Å². The van der Waals surface area contributed by atoms with Crippen molar-refractivity contribution in [3.05, 3.63) is 35.1 Å². The van der Waals surface area contributed by atoms with Gasteiger partial charge in [0.05, 0.1) is 13.2 Å². The molecule has 5 nitrogen and oxygen atoms in total. The van der Waals surface area contributed by atoms with Crippen LogP contribution >= 0.6 is 0 Å². The third-order valence-corrected chi connectivity index (χ3v) is 3.96. The molecule has 1 aromatic rings. The van der Waals surface area contributed by atoms with Crippen LogP contribution in [0.2, 0.25) is 0 Å². The van der Waals surface area contributed by atoms with Crippen LogP contribution in [0.3, 0.4) is 0 Å². The number of hydrogen-bond acceptors (Lipinski definition) is 4. The van der Waals surface area contributed by atoms with Gasteiger partial charge in [-0.1, -0.05) is 12.1 Å². The van der Waals surface area contributed by atoms with Crippen LogP contribution in [0.1, 0.15) is 11.1 Å². The highest BCUT2D eigenvalue weighted by molar-refractivity contribution is 5.78. The number of carbonyl (C=O) groups is 1. The maximum absolute atomic E-state index is 13.2. The third kappa shape index (κ3) is 5.05.